The van der Waals surface area contributed by atoms with Crippen molar-refractivity contribution in [3.8, 4) is 11.8 Å². The molecule has 0 bridgehead atoms. The fourth-order valence-corrected chi connectivity index (χ4v) is 2.91. The summed E-state index contributed by atoms with van der Waals surface area (Å²) in [6.45, 7) is 1.63. The maximum Gasteiger partial charge on any atom is 0.274 e. The predicted molar refractivity (Wildman–Crippen MR) is 114 cm³/mol. The number of nitrogens with one attached hydrogen (secondary N) is 2. The molecule has 0 fully saturated rings. The lowest BCUT2D eigenvalue weighted by atomic mass is 10.1. The number of ether oxygens (including phenoxy) is 1. The van der Waals surface area contributed by atoms with Crippen molar-refractivity contribution >= 4 is 34.8 Å². The number of amides is 2. The molecule has 0 saturated carbocycles. The smallest absolute Gasteiger partial charge is 0.274 e. The number of pyridine rings is 1. The number of aryl methyl sites for hydroxylation is 1. The van der Waals surface area contributed by atoms with Crippen molar-refractivity contribution < 1.29 is 18.7 Å². The molecule has 0 unspecified atom stereocenters. The number of carbonyl (C=O) groups is 2. The number of rotatable bonds is 5. The van der Waals surface area contributed by atoms with E-state index in [0.29, 0.717) is 22.7 Å². The Bertz CT molecular complexity index is 1220. The van der Waals surface area contributed by atoms with E-state index in [1.807, 2.05) is 6.07 Å². The molecule has 0 aliphatic carbocycles. The van der Waals surface area contributed by atoms with E-state index in [9.17, 15) is 14.0 Å². The highest BCUT2D eigenvalue weighted by molar-refractivity contribution is 6.30. The zero-order valence-electron chi connectivity index (χ0n) is 16.5. The van der Waals surface area contributed by atoms with Gasteiger partial charge in [0.1, 0.15) is 23.3 Å². The molecule has 0 radical (unpaired) electrons. The number of carbonyl (C=O) groups excluding carboxylic acids is 2. The van der Waals surface area contributed by atoms with Gasteiger partial charge >= 0.3 is 0 Å². The molecule has 9 heteroatoms. The van der Waals surface area contributed by atoms with E-state index in [2.05, 4.69) is 15.6 Å². The first-order valence-corrected chi connectivity index (χ1v) is 9.33. The first kappa shape index (κ1) is 21.7. The predicted octanol–water partition coefficient (Wildman–Crippen LogP) is 4.57. The van der Waals surface area contributed by atoms with E-state index in [4.69, 9.17) is 21.6 Å². The Morgan fingerprint density at radius 2 is 1.87 bits per heavy atom. The third-order valence-corrected chi connectivity index (χ3v) is 4.56. The molecular weight excluding hydrogens is 423 g/mol. The summed E-state index contributed by atoms with van der Waals surface area (Å²) < 4.78 is 19.3. The van der Waals surface area contributed by atoms with Crippen molar-refractivity contribution in [2.24, 2.45) is 0 Å². The van der Waals surface area contributed by atoms with E-state index in [1.165, 1.54) is 37.4 Å². The number of hydrogen-bond donors (Lipinski definition) is 2. The highest BCUT2D eigenvalue weighted by atomic mass is 35.5. The van der Waals surface area contributed by atoms with Crippen LogP contribution in [0.15, 0.2) is 48.5 Å². The number of benzene rings is 2. The first-order chi connectivity index (χ1) is 14.8. The number of anilines is 2. The van der Waals surface area contributed by atoms with Gasteiger partial charge in [-0.2, -0.15) is 5.26 Å². The van der Waals surface area contributed by atoms with Gasteiger partial charge in [0, 0.05) is 10.7 Å². The molecule has 0 saturated heterocycles. The van der Waals surface area contributed by atoms with E-state index < -0.39 is 17.6 Å². The number of methoxy groups -OCH3 is 1. The molecule has 1 heterocycles. The minimum atomic E-state index is -0.768. The third-order valence-electron chi connectivity index (χ3n) is 4.32. The Hall–Kier alpha value is -3.96. The molecule has 0 aliphatic rings. The van der Waals surface area contributed by atoms with E-state index in [-0.39, 0.29) is 22.0 Å². The van der Waals surface area contributed by atoms with Gasteiger partial charge < -0.3 is 15.4 Å². The second kappa shape index (κ2) is 9.24. The van der Waals surface area contributed by atoms with Gasteiger partial charge in [-0.3, -0.25) is 9.59 Å². The van der Waals surface area contributed by atoms with Crippen LogP contribution in [0, 0.1) is 24.1 Å². The monoisotopic (exact) mass is 438 g/mol. The van der Waals surface area contributed by atoms with Gasteiger partial charge in [0.2, 0.25) is 0 Å². The normalized spacial score (nSPS) is 10.2. The Morgan fingerprint density at radius 3 is 2.52 bits per heavy atom. The van der Waals surface area contributed by atoms with Crippen LogP contribution in [0.25, 0.3) is 0 Å². The quantitative estimate of drug-likeness (QED) is 0.607. The van der Waals surface area contributed by atoms with Crippen LogP contribution in [0.3, 0.4) is 0 Å². The largest absolute Gasteiger partial charge is 0.495 e. The minimum absolute atomic E-state index is 0.126. The molecule has 2 amide bonds. The standard InChI is InChI=1S/C22H16ClFN4O3/c1-12-13(11-25)3-7-18(26-12)22(30)27-15-5-8-20(31-2)19(10-15)28-21(29)16-6-4-14(23)9-17(16)24/h3-10H,1-2H3,(H,27,30)(H,28,29). The summed E-state index contributed by atoms with van der Waals surface area (Å²) in [5.41, 5.74) is 1.31. The van der Waals surface area contributed by atoms with Crippen molar-refractivity contribution in [3.63, 3.8) is 0 Å². The van der Waals surface area contributed by atoms with Gasteiger partial charge in [-0.1, -0.05) is 11.6 Å². The molecule has 7 nitrogen and oxygen atoms in total. The molecule has 156 valence electrons. The highest BCUT2D eigenvalue weighted by Crippen LogP contribution is 2.29. The third kappa shape index (κ3) is 4.97. The molecular formula is C22H16ClFN4O3. The summed E-state index contributed by atoms with van der Waals surface area (Å²) in [5.74, 6) is -1.66. The summed E-state index contributed by atoms with van der Waals surface area (Å²) in [7, 11) is 1.41. The molecule has 1 aromatic heterocycles. The minimum Gasteiger partial charge on any atom is -0.495 e. The van der Waals surface area contributed by atoms with Crippen LogP contribution in [0.4, 0.5) is 15.8 Å². The van der Waals surface area contributed by atoms with Gasteiger partial charge in [-0.15, -0.1) is 0 Å². The second-order valence-electron chi connectivity index (χ2n) is 6.39. The Balaban J connectivity index is 1.83. The van der Waals surface area contributed by atoms with Crippen molar-refractivity contribution in [2.75, 3.05) is 17.7 Å². The number of nitriles is 1. The molecule has 2 aromatic carbocycles. The number of aromatic nitrogens is 1. The molecule has 3 aromatic rings. The van der Waals surface area contributed by atoms with Crippen LogP contribution < -0.4 is 15.4 Å². The highest BCUT2D eigenvalue weighted by Gasteiger charge is 2.16. The molecule has 2 N–H and O–H groups in total. The maximum absolute atomic E-state index is 14.1. The van der Waals surface area contributed by atoms with Crippen molar-refractivity contribution in [2.45, 2.75) is 6.92 Å². The summed E-state index contributed by atoms with van der Waals surface area (Å²) in [4.78, 5) is 29.1. The summed E-state index contributed by atoms with van der Waals surface area (Å²) in [6.07, 6.45) is 0. The van der Waals surface area contributed by atoms with Crippen LogP contribution >= 0.6 is 11.6 Å². The van der Waals surface area contributed by atoms with Crippen LogP contribution in [0.2, 0.25) is 5.02 Å². The van der Waals surface area contributed by atoms with Gasteiger partial charge in [-0.05, 0) is 55.5 Å². The average Bonchev–Trinajstić information content (AvgIpc) is 2.73. The van der Waals surface area contributed by atoms with Crippen molar-refractivity contribution in [1.82, 2.24) is 4.98 Å². The van der Waals surface area contributed by atoms with Crippen LogP contribution in [0.1, 0.15) is 32.1 Å². The van der Waals surface area contributed by atoms with Crippen molar-refractivity contribution in [3.05, 3.63) is 81.9 Å². The zero-order chi connectivity index (χ0) is 22.5. The topological polar surface area (TPSA) is 104 Å². The summed E-state index contributed by atoms with van der Waals surface area (Å²) in [5, 5.41) is 14.4. The average molecular weight is 439 g/mol. The summed E-state index contributed by atoms with van der Waals surface area (Å²) in [6, 6.07) is 13.2. The Morgan fingerprint density at radius 1 is 1.10 bits per heavy atom. The van der Waals surface area contributed by atoms with E-state index >= 15 is 0 Å². The molecule has 31 heavy (non-hydrogen) atoms. The first-order valence-electron chi connectivity index (χ1n) is 8.96. The lowest BCUT2D eigenvalue weighted by Gasteiger charge is -2.13. The SMILES string of the molecule is COc1ccc(NC(=O)c2ccc(C#N)c(C)n2)cc1NC(=O)c1ccc(Cl)cc1F. The molecule has 0 spiro atoms. The number of nitrogens with zero attached hydrogens (tertiary/aromatic N) is 2. The van der Waals surface area contributed by atoms with Gasteiger partial charge in [0.25, 0.3) is 11.8 Å². The van der Waals surface area contributed by atoms with Crippen LogP contribution in [-0.2, 0) is 0 Å². The van der Waals surface area contributed by atoms with Crippen LogP contribution in [-0.4, -0.2) is 23.9 Å². The van der Waals surface area contributed by atoms with E-state index in [0.717, 1.165) is 6.07 Å². The van der Waals surface area contributed by atoms with Gasteiger partial charge in [0.15, 0.2) is 0 Å². The molecule has 0 atom stereocenters. The fourth-order valence-electron chi connectivity index (χ4n) is 2.75. The molecule has 0 aliphatic heterocycles. The lowest BCUT2D eigenvalue weighted by molar-refractivity contribution is 0.101. The number of halogens is 2. The summed E-state index contributed by atoms with van der Waals surface area (Å²) >= 11 is 5.72. The fraction of sp³-hybridized carbons (Fsp3) is 0.0909. The lowest BCUT2D eigenvalue weighted by Crippen LogP contribution is -2.16. The zero-order valence-corrected chi connectivity index (χ0v) is 17.2. The second-order valence-corrected chi connectivity index (χ2v) is 6.83. The molecule has 3 rings (SSSR count). The van der Waals surface area contributed by atoms with Gasteiger partial charge in [0.05, 0.1) is 29.6 Å². The van der Waals surface area contributed by atoms with Crippen molar-refractivity contribution in [1.29, 1.82) is 5.26 Å². The Labute approximate surface area is 182 Å². The Kier molecular flexibility index (Phi) is 6.48. The maximum atomic E-state index is 14.1. The van der Waals surface area contributed by atoms with E-state index in [1.54, 1.807) is 19.1 Å². The number of hydrogen-bond acceptors (Lipinski definition) is 5. The van der Waals surface area contributed by atoms with Gasteiger partial charge in [-0.25, -0.2) is 9.37 Å². The van der Waals surface area contributed by atoms with Crippen LogP contribution in [0.5, 0.6) is 5.75 Å².